The lowest BCUT2D eigenvalue weighted by Gasteiger charge is -2.08. The Labute approximate surface area is 128 Å². The molecule has 0 bridgehead atoms. The van der Waals surface area contributed by atoms with Crippen LogP contribution >= 0.6 is 31.9 Å². The highest BCUT2D eigenvalue weighted by Crippen LogP contribution is 2.33. The van der Waals surface area contributed by atoms with Crippen molar-refractivity contribution in [2.24, 2.45) is 0 Å². The van der Waals surface area contributed by atoms with Crippen LogP contribution in [0.5, 0.6) is 0 Å². The van der Waals surface area contributed by atoms with Crippen molar-refractivity contribution in [1.29, 1.82) is 5.26 Å². The van der Waals surface area contributed by atoms with Crippen molar-refractivity contribution in [3.63, 3.8) is 0 Å². The molecule has 0 aliphatic heterocycles. The van der Waals surface area contributed by atoms with Crippen LogP contribution < -0.4 is 5.32 Å². The summed E-state index contributed by atoms with van der Waals surface area (Å²) in [5.74, 6) is -1.33. The van der Waals surface area contributed by atoms with Gasteiger partial charge in [-0.05, 0) is 43.1 Å². The lowest BCUT2D eigenvalue weighted by Crippen LogP contribution is -1.98. The Morgan fingerprint density at radius 1 is 1.45 bits per heavy atom. The van der Waals surface area contributed by atoms with Gasteiger partial charge in [-0.25, -0.2) is 8.78 Å². The number of rotatable bonds is 3. The Hall–Kier alpha value is -1.86. The number of nitrogens with zero attached hydrogens (tertiary/aromatic N) is 4. The van der Waals surface area contributed by atoms with Crippen molar-refractivity contribution in [2.75, 3.05) is 5.32 Å². The maximum atomic E-state index is 13.7. The van der Waals surface area contributed by atoms with Crippen molar-refractivity contribution in [3.05, 3.63) is 38.7 Å². The van der Waals surface area contributed by atoms with E-state index < -0.39 is 11.6 Å². The first kappa shape index (κ1) is 14.5. The van der Waals surface area contributed by atoms with Gasteiger partial charge in [0.05, 0.1) is 14.6 Å². The molecule has 102 valence electrons. The molecule has 2 aromatic rings. The molecule has 0 aliphatic carbocycles. The molecule has 0 fully saturated rings. The SMILES string of the molecule is N#CC(=CNc1c(F)cc(Br)c(F)c1Br)c1nn[nH]n1. The van der Waals surface area contributed by atoms with Crippen molar-refractivity contribution in [3.8, 4) is 6.07 Å². The van der Waals surface area contributed by atoms with E-state index in [1.165, 1.54) is 0 Å². The van der Waals surface area contributed by atoms with Gasteiger partial charge in [0.15, 0.2) is 5.82 Å². The maximum absolute atomic E-state index is 13.7. The molecule has 10 heteroatoms. The molecule has 0 amide bonds. The Morgan fingerprint density at radius 3 is 2.80 bits per heavy atom. The molecule has 1 aromatic heterocycles. The van der Waals surface area contributed by atoms with Gasteiger partial charge in [0.1, 0.15) is 17.5 Å². The molecule has 0 aliphatic rings. The zero-order chi connectivity index (χ0) is 14.7. The van der Waals surface area contributed by atoms with E-state index in [1.807, 2.05) is 6.07 Å². The zero-order valence-electron chi connectivity index (χ0n) is 9.46. The van der Waals surface area contributed by atoms with E-state index in [1.54, 1.807) is 0 Å². The minimum absolute atomic E-state index is 0.00776. The standard InChI is InChI=1S/C10H4Br2F2N6/c11-5-1-6(13)9(7(12)8(5)14)16-3-4(2-15)10-17-19-20-18-10/h1,3,16H,(H,17,18,19,20). The second-order valence-corrected chi connectivity index (χ2v) is 5.04. The van der Waals surface area contributed by atoms with Crippen LogP contribution in [-0.4, -0.2) is 20.6 Å². The molecule has 1 aromatic carbocycles. The summed E-state index contributed by atoms with van der Waals surface area (Å²) >= 11 is 5.82. The van der Waals surface area contributed by atoms with Crippen LogP contribution in [0.25, 0.3) is 5.57 Å². The van der Waals surface area contributed by atoms with Crippen LogP contribution in [0.3, 0.4) is 0 Å². The van der Waals surface area contributed by atoms with Crippen LogP contribution in [0.2, 0.25) is 0 Å². The summed E-state index contributed by atoms with van der Waals surface area (Å²) in [7, 11) is 0. The van der Waals surface area contributed by atoms with Crippen LogP contribution in [0.1, 0.15) is 5.82 Å². The van der Waals surface area contributed by atoms with Crippen LogP contribution in [0.15, 0.2) is 21.2 Å². The lowest BCUT2D eigenvalue weighted by molar-refractivity contribution is 0.592. The Morgan fingerprint density at radius 2 is 2.20 bits per heavy atom. The average Bonchev–Trinajstić information content (AvgIpc) is 2.94. The fourth-order valence-electron chi connectivity index (χ4n) is 1.27. The largest absolute Gasteiger partial charge is 0.357 e. The highest BCUT2D eigenvalue weighted by molar-refractivity contribution is 9.11. The highest BCUT2D eigenvalue weighted by atomic mass is 79.9. The summed E-state index contributed by atoms with van der Waals surface area (Å²) in [4.78, 5) is 0. The van der Waals surface area contributed by atoms with Crippen LogP contribution in [0, 0.1) is 23.0 Å². The maximum Gasteiger partial charge on any atom is 0.216 e. The zero-order valence-corrected chi connectivity index (χ0v) is 12.6. The number of allylic oxidation sites excluding steroid dienone is 1. The molecule has 1 heterocycles. The molecule has 0 radical (unpaired) electrons. The summed E-state index contributed by atoms with van der Waals surface area (Å²) in [5.41, 5.74) is -0.143. The third-order valence-corrected chi connectivity index (χ3v) is 3.50. The van der Waals surface area contributed by atoms with E-state index in [0.717, 1.165) is 12.3 Å². The third-order valence-electron chi connectivity index (χ3n) is 2.18. The average molecular weight is 406 g/mol. The highest BCUT2D eigenvalue weighted by Gasteiger charge is 2.15. The quantitative estimate of drug-likeness (QED) is 0.465. The molecule has 0 spiro atoms. The summed E-state index contributed by atoms with van der Waals surface area (Å²) in [5, 5.41) is 24.2. The Bertz CT molecular complexity index is 708. The Kier molecular flexibility index (Phi) is 4.41. The van der Waals surface area contributed by atoms with Crippen molar-refractivity contribution >= 4 is 43.1 Å². The fraction of sp³-hybridized carbons (Fsp3) is 0. The first-order valence-corrected chi connectivity index (χ1v) is 6.56. The molecule has 0 unspecified atom stereocenters. The van der Waals surface area contributed by atoms with Crippen LogP contribution in [0.4, 0.5) is 14.5 Å². The molecule has 0 atom stereocenters. The number of nitrogens with one attached hydrogen (secondary N) is 2. The predicted octanol–water partition coefficient (Wildman–Crippen LogP) is 2.98. The number of aromatic amines is 1. The van der Waals surface area contributed by atoms with E-state index in [-0.39, 0.29) is 26.0 Å². The van der Waals surface area contributed by atoms with Gasteiger partial charge in [0.2, 0.25) is 5.82 Å². The molecule has 2 rings (SSSR count). The molecule has 2 N–H and O–H groups in total. The van der Waals surface area contributed by atoms with Gasteiger partial charge in [-0.2, -0.15) is 10.5 Å². The van der Waals surface area contributed by atoms with E-state index in [9.17, 15) is 8.78 Å². The third kappa shape index (κ3) is 2.83. The molecule has 0 saturated heterocycles. The first-order valence-electron chi connectivity index (χ1n) is 4.98. The molecular weight excluding hydrogens is 402 g/mol. The fourth-order valence-corrected chi connectivity index (χ4v) is 2.45. The van der Waals surface area contributed by atoms with Crippen LogP contribution in [-0.2, 0) is 0 Å². The lowest BCUT2D eigenvalue weighted by atomic mass is 10.2. The predicted molar refractivity (Wildman–Crippen MR) is 73.1 cm³/mol. The summed E-state index contributed by atoms with van der Waals surface area (Å²) in [6.07, 6.45) is 1.15. The van der Waals surface area contributed by atoms with E-state index in [4.69, 9.17) is 5.26 Å². The number of H-pyrrole nitrogens is 1. The van der Waals surface area contributed by atoms with Gasteiger partial charge < -0.3 is 5.32 Å². The number of benzene rings is 1. The van der Waals surface area contributed by atoms with Gasteiger partial charge in [0.25, 0.3) is 0 Å². The molecule has 20 heavy (non-hydrogen) atoms. The number of halogens is 4. The monoisotopic (exact) mass is 404 g/mol. The van der Waals surface area contributed by atoms with E-state index >= 15 is 0 Å². The molecular formula is C10H4Br2F2N6. The minimum Gasteiger partial charge on any atom is -0.357 e. The number of nitriles is 1. The second-order valence-electron chi connectivity index (χ2n) is 3.39. The van der Waals surface area contributed by atoms with Gasteiger partial charge in [0, 0.05) is 6.20 Å². The van der Waals surface area contributed by atoms with Gasteiger partial charge in [-0.15, -0.1) is 10.2 Å². The van der Waals surface area contributed by atoms with E-state index in [2.05, 4.69) is 57.8 Å². The van der Waals surface area contributed by atoms with Gasteiger partial charge in [-0.1, -0.05) is 0 Å². The Balaban J connectivity index is 2.36. The van der Waals surface area contributed by atoms with Crippen molar-refractivity contribution in [1.82, 2.24) is 20.6 Å². The van der Waals surface area contributed by atoms with Gasteiger partial charge >= 0.3 is 0 Å². The normalized spacial score (nSPS) is 11.2. The van der Waals surface area contributed by atoms with Gasteiger partial charge in [-0.3, -0.25) is 0 Å². The minimum atomic E-state index is -0.702. The first-order chi connectivity index (χ1) is 9.54. The number of hydrogen-bond acceptors (Lipinski definition) is 5. The number of hydrogen-bond donors (Lipinski definition) is 2. The topological polar surface area (TPSA) is 90.3 Å². The number of aromatic nitrogens is 4. The summed E-state index contributed by atoms with van der Waals surface area (Å²) < 4.78 is 27.2. The summed E-state index contributed by atoms with van der Waals surface area (Å²) in [6.45, 7) is 0. The molecule has 0 saturated carbocycles. The number of tetrazole rings is 1. The van der Waals surface area contributed by atoms with Crippen molar-refractivity contribution < 1.29 is 8.78 Å². The number of anilines is 1. The van der Waals surface area contributed by atoms with Crippen molar-refractivity contribution in [2.45, 2.75) is 0 Å². The second kappa shape index (κ2) is 6.06. The smallest absolute Gasteiger partial charge is 0.216 e. The summed E-state index contributed by atoms with van der Waals surface area (Å²) in [6, 6.07) is 2.78. The molecule has 6 nitrogen and oxygen atoms in total. The van der Waals surface area contributed by atoms with E-state index in [0.29, 0.717) is 0 Å².